The zero-order valence-corrected chi connectivity index (χ0v) is 10.9. The van der Waals surface area contributed by atoms with E-state index in [-0.39, 0.29) is 17.4 Å². The van der Waals surface area contributed by atoms with E-state index in [1.807, 2.05) is 31.2 Å². The molecule has 0 unspecified atom stereocenters. The highest BCUT2D eigenvalue weighted by atomic mass is 16.5. The molecule has 1 amide bonds. The lowest BCUT2D eigenvalue weighted by Crippen LogP contribution is -2.37. The minimum atomic E-state index is -0.291. The molecule has 0 aromatic heterocycles. The van der Waals surface area contributed by atoms with Gasteiger partial charge in [-0.15, -0.1) is 0 Å². The van der Waals surface area contributed by atoms with Gasteiger partial charge in [-0.25, -0.2) is 0 Å². The van der Waals surface area contributed by atoms with E-state index in [0.29, 0.717) is 6.54 Å². The number of carbonyl (C=O) groups excluding carboxylic acids is 1. The fraction of sp³-hybridized carbons (Fsp3) is 0.500. The summed E-state index contributed by atoms with van der Waals surface area (Å²) in [5, 5.41) is 3.03. The number of amides is 1. The Kier molecular flexibility index (Phi) is 3.57. The zero-order chi connectivity index (χ0) is 13.2. The lowest BCUT2D eigenvalue weighted by Gasteiger charge is -2.19. The lowest BCUT2D eigenvalue weighted by molar-refractivity contribution is -0.126. The Morgan fingerprint density at radius 2 is 2.06 bits per heavy atom. The Bertz CT molecular complexity index is 424. The molecule has 0 heterocycles. The van der Waals surface area contributed by atoms with Crippen molar-refractivity contribution in [3.8, 4) is 5.75 Å². The van der Waals surface area contributed by atoms with Gasteiger partial charge in [-0.05, 0) is 37.5 Å². The van der Waals surface area contributed by atoms with E-state index >= 15 is 0 Å². The van der Waals surface area contributed by atoms with Crippen LogP contribution in [0.3, 0.4) is 0 Å². The second-order valence-corrected chi connectivity index (χ2v) is 4.95. The van der Waals surface area contributed by atoms with Crippen molar-refractivity contribution in [1.82, 2.24) is 5.32 Å². The maximum absolute atomic E-state index is 12.0. The Balaban J connectivity index is 1.98. The van der Waals surface area contributed by atoms with E-state index in [4.69, 9.17) is 10.5 Å². The van der Waals surface area contributed by atoms with Crippen LogP contribution in [0.1, 0.15) is 31.4 Å². The third kappa shape index (κ3) is 2.48. The smallest absolute Gasteiger partial charge is 0.227 e. The number of hydrogen-bond donors (Lipinski definition) is 2. The molecule has 0 radical (unpaired) electrons. The summed E-state index contributed by atoms with van der Waals surface area (Å²) in [7, 11) is 1.64. The highest BCUT2D eigenvalue weighted by Gasteiger charge is 2.48. The average Bonchev–Trinajstić information content (AvgIpc) is 3.19. The van der Waals surface area contributed by atoms with Crippen LogP contribution in [0, 0.1) is 5.41 Å². The zero-order valence-electron chi connectivity index (χ0n) is 10.9. The number of benzene rings is 1. The lowest BCUT2D eigenvalue weighted by atomic mass is 10.0. The predicted molar refractivity (Wildman–Crippen MR) is 70.3 cm³/mol. The molecule has 1 saturated carbocycles. The largest absolute Gasteiger partial charge is 0.497 e. The van der Waals surface area contributed by atoms with Crippen LogP contribution >= 0.6 is 0 Å². The molecule has 1 aliphatic carbocycles. The van der Waals surface area contributed by atoms with Crippen LogP contribution in [0.5, 0.6) is 5.75 Å². The van der Waals surface area contributed by atoms with E-state index < -0.39 is 0 Å². The minimum absolute atomic E-state index is 0.00701. The minimum Gasteiger partial charge on any atom is -0.497 e. The number of nitrogens with one attached hydrogen (secondary N) is 1. The molecule has 98 valence electrons. The Hall–Kier alpha value is -1.55. The standard InChI is InChI=1S/C14H20N2O2/c1-10(11-3-5-12(18-2)6-4-11)16-13(17)14(9-15)7-8-14/h3-6,10H,7-9,15H2,1-2H3,(H,16,17)/t10-/m1/s1. The monoisotopic (exact) mass is 248 g/mol. The summed E-state index contributed by atoms with van der Waals surface area (Å²) in [5.41, 5.74) is 6.42. The van der Waals surface area contributed by atoms with Gasteiger partial charge in [-0.1, -0.05) is 12.1 Å². The molecule has 1 aromatic carbocycles. The van der Waals surface area contributed by atoms with Crippen LogP contribution in [0.25, 0.3) is 0 Å². The van der Waals surface area contributed by atoms with Gasteiger partial charge in [0.15, 0.2) is 0 Å². The normalized spacial score (nSPS) is 17.9. The van der Waals surface area contributed by atoms with Crippen LogP contribution in [0.4, 0.5) is 0 Å². The van der Waals surface area contributed by atoms with Crippen LogP contribution in [0.2, 0.25) is 0 Å². The van der Waals surface area contributed by atoms with Gasteiger partial charge in [0.2, 0.25) is 5.91 Å². The summed E-state index contributed by atoms with van der Waals surface area (Å²) in [4.78, 5) is 12.0. The number of ether oxygens (including phenoxy) is 1. The second-order valence-electron chi connectivity index (χ2n) is 4.95. The first kappa shape index (κ1) is 12.9. The summed E-state index contributed by atoms with van der Waals surface area (Å²) in [6.07, 6.45) is 1.81. The average molecular weight is 248 g/mol. The van der Waals surface area contributed by atoms with Gasteiger partial charge >= 0.3 is 0 Å². The van der Waals surface area contributed by atoms with Gasteiger partial charge in [-0.2, -0.15) is 0 Å². The third-order valence-corrected chi connectivity index (χ3v) is 3.69. The number of nitrogens with two attached hydrogens (primary N) is 1. The van der Waals surface area contributed by atoms with Gasteiger partial charge in [0.05, 0.1) is 18.6 Å². The molecule has 1 atom stereocenters. The molecule has 0 bridgehead atoms. The van der Waals surface area contributed by atoms with Crippen molar-refractivity contribution in [2.45, 2.75) is 25.8 Å². The summed E-state index contributed by atoms with van der Waals surface area (Å²) in [6.45, 7) is 2.42. The first-order chi connectivity index (χ1) is 8.61. The van der Waals surface area contributed by atoms with Crippen LogP contribution in [-0.4, -0.2) is 19.6 Å². The van der Waals surface area contributed by atoms with Crippen LogP contribution in [0.15, 0.2) is 24.3 Å². The van der Waals surface area contributed by atoms with E-state index in [1.54, 1.807) is 7.11 Å². The number of hydrogen-bond acceptors (Lipinski definition) is 3. The topological polar surface area (TPSA) is 64.3 Å². The molecule has 4 heteroatoms. The molecular weight excluding hydrogens is 228 g/mol. The van der Waals surface area contributed by atoms with Crippen molar-refractivity contribution in [3.63, 3.8) is 0 Å². The van der Waals surface area contributed by atoms with E-state index in [0.717, 1.165) is 24.2 Å². The van der Waals surface area contributed by atoms with Gasteiger partial charge < -0.3 is 15.8 Å². The Labute approximate surface area is 108 Å². The van der Waals surface area contributed by atoms with E-state index in [1.165, 1.54) is 0 Å². The maximum Gasteiger partial charge on any atom is 0.227 e. The first-order valence-corrected chi connectivity index (χ1v) is 6.26. The molecule has 18 heavy (non-hydrogen) atoms. The fourth-order valence-corrected chi connectivity index (χ4v) is 2.00. The molecular formula is C14H20N2O2. The summed E-state index contributed by atoms with van der Waals surface area (Å²) >= 11 is 0. The molecule has 3 N–H and O–H groups in total. The van der Waals surface area contributed by atoms with Gasteiger partial charge in [0, 0.05) is 6.54 Å². The molecule has 0 aliphatic heterocycles. The molecule has 0 saturated heterocycles. The second kappa shape index (κ2) is 4.98. The van der Waals surface area contributed by atoms with E-state index in [2.05, 4.69) is 5.32 Å². The van der Waals surface area contributed by atoms with Crippen molar-refractivity contribution in [3.05, 3.63) is 29.8 Å². The quantitative estimate of drug-likeness (QED) is 0.832. The Morgan fingerprint density at radius 3 is 2.50 bits per heavy atom. The number of carbonyl (C=O) groups is 1. The Morgan fingerprint density at radius 1 is 1.44 bits per heavy atom. The summed E-state index contributed by atoms with van der Waals surface area (Å²) in [5.74, 6) is 0.895. The van der Waals surface area contributed by atoms with Gasteiger partial charge in [-0.3, -0.25) is 4.79 Å². The highest BCUT2D eigenvalue weighted by Crippen LogP contribution is 2.45. The number of methoxy groups -OCH3 is 1. The highest BCUT2D eigenvalue weighted by molar-refractivity contribution is 5.85. The molecule has 2 rings (SSSR count). The molecule has 1 aliphatic rings. The van der Waals surface area contributed by atoms with Crippen molar-refractivity contribution in [2.24, 2.45) is 11.1 Å². The van der Waals surface area contributed by atoms with Crippen molar-refractivity contribution in [1.29, 1.82) is 0 Å². The van der Waals surface area contributed by atoms with Crippen molar-refractivity contribution >= 4 is 5.91 Å². The number of rotatable bonds is 5. The van der Waals surface area contributed by atoms with Crippen LogP contribution in [-0.2, 0) is 4.79 Å². The van der Waals surface area contributed by atoms with Crippen molar-refractivity contribution in [2.75, 3.05) is 13.7 Å². The predicted octanol–water partition coefficient (Wildman–Crippen LogP) is 1.61. The summed E-state index contributed by atoms with van der Waals surface area (Å²) < 4.78 is 5.11. The van der Waals surface area contributed by atoms with Gasteiger partial charge in [0.1, 0.15) is 5.75 Å². The van der Waals surface area contributed by atoms with E-state index in [9.17, 15) is 4.79 Å². The molecule has 4 nitrogen and oxygen atoms in total. The fourth-order valence-electron chi connectivity index (χ4n) is 2.00. The maximum atomic E-state index is 12.0. The van der Waals surface area contributed by atoms with Crippen LogP contribution < -0.4 is 15.8 Å². The summed E-state index contributed by atoms with van der Waals surface area (Å²) in [6, 6.07) is 7.71. The molecule has 0 spiro atoms. The van der Waals surface area contributed by atoms with Gasteiger partial charge in [0.25, 0.3) is 0 Å². The molecule has 1 aromatic rings. The first-order valence-electron chi connectivity index (χ1n) is 6.26. The molecule has 1 fully saturated rings. The third-order valence-electron chi connectivity index (χ3n) is 3.69. The SMILES string of the molecule is COc1ccc([C@@H](C)NC(=O)C2(CN)CC2)cc1. The van der Waals surface area contributed by atoms with Crippen molar-refractivity contribution < 1.29 is 9.53 Å².